The standard InChI is InChI=1S/C12H15ClN2O2.C7H8O3S/c13-9-3-1-2-8(6-9)10-7-15(12(16)17)5-4-11(10)14;1-6-2-4-7(5-3-6)11(8,9)10/h1-3,6,10-11H,4-5,7,14H2,(H,16,17);2-5H,1H3,(H,8,9,10). The summed E-state index contributed by atoms with van der Waals surface area (Å²) in [6.07, 6.45) is -0.201. The smallest absolute Gasteiger partial charge is 0.407 e. The summed E-state index contributed by atoms with van der Waals surface area (Å²) in [6.45, 7) is 2.79. The summed E-state index contributed by atoms with van der Waals surface area (Å²) in [5.41, 5.74) is 8.03. The molecule has 1 aliphatic rings. The predicted molar refractivity (Wildman–Crippen MR) is 107 cm³/mol. The average molecular weight is 427 g/mol. The van der Waals surface area contributed by atoms with Gasteiger partial charge in [0.15, 0.2) is 0 Å². The molecule has 0 saturated carbocycles. The van der Waals surface area contributed by atoms with E-state index in [1.165, 1.54) is 17.0 Å². The topological polar surface area (TPSA) is 121 Å². The fourth-order valence-corrected chi connectivity index (χ4v) is 3.62. The summed E-state index contributed by atoms with van der Waals surface area (Å²) in [5.74, 6) is 0.0264. The van der Waals surface area contributed by atoms with Crippen LogP contribution < -0.4 is 5.73 Å². The molecule has 0 radical (unpaired) electrons. The highest BCUT2D eigenvalue weighted by Crippen LogP contribution is 2.27. The van der Waals surface area contributed by atoms with Crippen LogP contribution in [0, 0.1) is 6.92 Å². The van der Waals surface area contributed by atoms with Crippen molar-refractivity contribution in [1.29, 1.82) is 0 Å². The molecule has 1 saturated heterocycles. The van der Waals surface area contributed by atoms with Crippen molar-refractivity contribution in [3.63, 3.8) is 0 Å². The minimum Gasteiger partial charge on any atom is -0.465 e. The number of halogens is 1. The van der Waals surface area contributed by atoms with Crippen molar-refractivity contribution in [2.45, 2.75) is 30.2 Å². The first-order chi connectivity index (χ1) is 13.1. The predicted octanol–water partition coefficient (Wildman–Crippen LogP) is 3.38. The zero-order chi connectivity index (χ0) is 20.9. The number of aryl methyl sites for hydroxylation is 1. The summed E-state index contributed by atoms with van der Waals surface area (Å²) in [6, 6.07) is 13.4. The molecule has 2 aromatic rings. The molecule has 1 aliphatic heterocycles. The van der Waals surface area contributed by atoms with Crippen LogP contribution >= 0.6 is 11.6 Å². The number of hydrogen-bond donors (Lipinski definition) is 3. The average Bonchev–Trinajstić information content (AvgIpc) is 2.62. The molecule has 2 aromatic carbocycles. The van der Waals surface area contributed by atoms with Crippen LogP contribution in [0.5, 0.6) is 0 Å². The van der Waals surface area contributed by atoms with Crippen LogP contribution in [-0.4, -0.2) is 48.2 Å². The Bertz CT molecular complexity index is 918. The maximum absolute atomic E-state index is 11.0. The van der Waals surface area contributed by atoms with Crippen molar-refractivity contribution >= 4 is 27.8 Å². The minimum absolute atomic E-state index is 0.0101. The first-order valence-electron chi connectivity index (χ1n) is 8.61. The summed E-state index contributed by atoms with van der Waals surface area (Å²) in [5, 5.41) is 9.66. The zero-order valence-electron chi connectivity index (χ0n) is 15.3. The van der Waals surface area contributed by atoms with Gasteiger partial charge < -0.3 is 15.7 Å². The van der Waals surface area contributed by atoms with Gasteiger partial charge in [0.1, 0.15) is 0 Å². The van der Waals surface area contributed by atoms with Gasteiger partial charge in [0, 0.05) is 30.1 Å². The fraction of sp³-hybridized carbons (Fsp3) is 0.316. The lowest BCUT2D eigenvalue weighted by atomic mass is 9.87. The number of piperidine rings is 1. The fourth-order valence-electron chi connectivity index (χ4n) is 2.94. The number of carboxylic acid groups (broad SMARTS) is 1. The lowest BCUT2D eigenvalue weighted by molar-refractivity contribution is 0.126. The van der Waals surface area contributed by atoms with E-state index in [1.807, 2.05) is 25.1 Å². The molecule has 28 heavy (non-hydrogen) atoms. The summed E-state index contributed by atoms with van der Waals surface area (Å²) in [4.78, 5) is 12.3. The van der Waals surface area contributed by atoms with Crippen molar-refractivity contribution < 1.29 is 22.9 Å². The maximum Gasteiger partial charge on any atom is 0.407 e. The molecule has 0 aromatic heterocycles. The first-order valence-corrected chi connectivity index (χ1v) is 10.4. The molecule has 1 fully saturated rings. The van der Waals surface area contributed by atoms with Crippen LogP contribution in [0.3, 0.4) is 0 Å². The van der Waals surface area contributed by atoms with Crippen molar-refractivity contribution in [3.05, 3.63) is 64.7 Å². The molecule has 0 bridgehead atoms. The van der Waals surface area contributed by atoms with Crippen LogP contribution in [0.2, 0.25) is 5.02 Å². The third-order valence-electron chi connectivity index (χ3n) is 4.53. The van der Waals surface area contributed by atoms with Crippen molar-refractivity contribution in [2.24, 2.45) is 5.73 Å². The molecule has 152 valence electrons. The third kappa shape index (κ3) is 6.20. The number of amides is 1. The zero-order valence-corrected chi connectivity index (χ0v) is 16.9. The van der Waals surface area contributed by atoms with Crippen molar-refractivity contribution in [1.82, 2.24) is 4.90 Å². The lowest BCUT2D eigenvalue weighted by Gasteiger charge is -2.35. The first kappa shape index (κ1) is 22.2. The van der Waals surface area contributed by atoms with Crippen LogP contribution in [0.25, 0.3) is 0 Å². The van der Waals surface area contributed by atoms with Gasteiger partial charge in [0.05, 0.1) is 4.90 Å². The van der Waals surface area contributed by atoms with Gasteiger partial charge in [-0.05, 0) is 43.2 Å². The molecule has 4 N–H and O–H groups in total. The quantitative estimate of drug-likeness (QED) is 0.633. The second-order valence-corrected chi connectivity index (χ2v) is 8.49. The number of likely N-dealkylation sites (tertiary alicyclic amines) is 1. The Labute approximate surface area is 169 Å². The molecule has 9 heteroatoms. The Morgan fingerprint density at radius 2 is 1.86 bits per heavy atom. The van der Waals surface area contributed by atoms with E-state index in [4.69, 9.17) is 27.0 Å². The summed E-state index contributed by atoms with van der Waals surface area (Å²) in [7, 11) is -4.02. The number of nitrogens with zero attached hydrogens (tertiary/aromatic N) is 1. The Balaban J connectivity index is 0.000000221. The van der Waals surface area contributed by atoms with E-state index in [0.29, 0.717) is 24.5 Å². The van der Waals surface area contributed by atoms with Crippen LogP contribution in [-0.2, 0) is 10.1 Å². The van der Waals surface area contributed by atoms with Gasteiger partial charge in [-0.15, -0.1) is 0 Å². The Morgan fingerprint density at radius 3 is 2.39 bits per heavy atom. The molecule has 0 aliphatic carbocycles. The van der Waals surface area contributed by atoms with Crippen molar-refractivity contribution in [3.8, 4) is 0 Å². The number of hydrogen-bond acceptors (Lipinski definition) is 4. The van der Waals surface area contributed by atoms with Crippen LogP contribution in [0.15, 0.2) is 53.4 Å². The van der Waals surface area contributed by atoms with Gasteiger partial charge in [0.2, 0.25) is 0 Å². The van der Waals surface area contributed by atoms with Crippen LogP contribution in [0.4, 0.5) is 4.79 Å². The van der Waals surface area contributed by atoms with E-state index >= 15 is 0 Å². The molecule has 2 unspecified atom stereocenters. The molecule has 1 heterocycles. The van der Waals surface area contributed by atoms with E-state index in [0.717, 1.165) is 11.1 Å². The number of carbonyl (C=O) groups is 1. The normalized spacial score (nSPS) is 19.5. The lowest BCUT2D eigenvalue weighted by Crippen LogP contribution is -2.47. The molecular weight excluding hydrogens is 404 g/mol. The van der Waals surface area contributed by atoms with Gasteiger partial charge in [-0.25, -0.2) is 4.79 Å². The Hall–Kier alpha value is -2.13. The molecular formula is C19H23ClN2O5S. The van der Waals surface area contributed by atoms with Gasteiger partial charge in [0.25, 0.3) is 10.1 Å². The second kappa shape index (κ2) is 9.38. The van der Waals surface area contributed by atoms with Gasteiger partial charge in [-0.1, -0.05) is 41.4 Å². The summed E-state index contributed by atoms with van der Waals surface area (Å²) < 4.78 is 29.6. The number of benzene rings is 2. The number of rotatable bonds is 2. The molecule has 1 amide bonds. The third-order valence-corrected chi connectivity index (χ3v) is 5.64. The van der Waals surface area contributed by atoms with Crippen molar-refractivity contribution in [2.75, 3.05) is 13.1 Å². The van der Waals surface area contributed by atoms with Gasteiger partial charge in [-0.2, -0.15) is 8.42 Å². The molecule has 3 rings (SSSR count). The van der Waals surface area contributed by atoms with Crippen LogP contribution in [0.1, 0.15) is 23.5 Å². The SMILES string of the molecule is Cc1ccc(S(=O)(=O)O)cc1.NC1CCN(C(=O)O)CC1c1cccc(Cl)c1. The molecule has 0 spiro atoms. The Morgan fingerprint density at radius 1 is 1.21 bits per heavy atom. The largest absolute Gasteiger partial charge is 0.465 e. The van der Waals surface area contributed by atoms with E-state index in [-0.39, 0.29) is 16.9 Å². The highest BCUT2D eigenvalue weighted by atomic mass is 35.5. The maximum atomic E-state index is 11.0. The van der Waals surface area contributed by atoms with Gasteiger partial charge in [-0.3, -0.25) is 4.55 Å². The molecule has 2 atom stereocenters. The Kier molecular flexibility index (Phi) is 7.42. The summed E-state index contributed by atoms with van der Waals surface area (Å²) >= 11 is 5.94. The van der Waals surface area contributed by atoms with E-state index in [1.54, 1.807) is 18.2 Å². The monoisotopic (exact) mass is 426 g/mol. The number of nitrogens with two attached hydrogens (primary N) is 1. The van der Waals surface area contributed by atoms with E-state index in [9.17, 15) is 13.2 Å². The highest BCUT2D eigenvalue weighted by Gasteiger charge is 2.30. The van der Waals surface area contributed by atoms with E-state index < -0.39 is 16.2 Å². The molecule has 7 nitrogen and oxygen atoms in total. The van der Waals surface area contributed by atoms with Gasteiger partial charge >= 0.3 is 6.09 Å². The highest BCUT2D eigenvalue weighted by molar-refractivity contribution is 7.85. The van der Waals surface area contributed by atoms with E-state index in [2.05, 4.69) is 0 Å². The second-order valence-electron chi connectivity index (χ2n) is 6.63. The minimum atomic E-state index is -4.02.